The van der Waals surface area contributed by atoms with E-state index in [4.69, 9.17) is 16.3 Å². The lowest BCUT2D eigenvalue weighted by molar-refractivity contribution is -0.142. The van der Waals surface area contributed by atoms with Crippen LogP contribution in [0.15, 0.2) is 42.0 Å². The lowest BCUT2D eigenvalue weighted by atomic mass is 10.1. The van der Waals surface area contributed by atoms with Gasteiger partial charge in [0.25, 0.3) is 5.91 Å². The summed E-state index contributed by atoms with van der Waals surface area (Å²) in [6, 6.07) is 12.2. The van der Waals surface area contributed by atoms with Crippen molar-refractivity contribution in [2.75, 3.05) is 19.0 Å². The summed E-state index contributed by atoms with van der Waals surface area (Å²) in [5.41, 5.74) is 3.09. The van der Waals surface area contributed by atoms with E-state index in [0.717, 1.165) is 11.1 Å². The van der Waals surface area contributed by atoms with Gasteiger partial charge in [-0.2, -0.15) is 5.26 Å². The fourth-order valence-corrected chi connectivity index (χ4v) is 2.55. The molecule has 0 saturated carbocycles. The van der Waals surface area contributed by atoms with Gasteiger partial charge in [0.2, 0.25) is 0 Å². The van der Waals surface area contributed by atoms with Gasteiger partial charge >= 0.3 is 5.97 Å². The number of amides is 1. The Kier molecular flexibility index (Phi) is 7.19. The number of hydrogen-bond donors (Lipinski definition) is 1. The Bertz CT molecular complexity index is 977. The van der Waals surface area contributed by atoms with E-state index >= 15 is 0 Å². The SMILES string of the molecule is COC(=O)COc1ccc(/C=C(\C#N)C(=O)Nc2cccc(C)c2C)cc1Cl. The Morgan fingerprint density at radius 1 is 1.25 bits per heavy atom. The molecule has 0 aliphatic rings. The average Bonchev–Trinajstić information content (AvgIpc) is 2.68. The highest BCUT2D eigenvalue weighted by molar-refractivity contribution is 6.32. The maximum Gasteiger partial charge on any atom is 0.343 e. The highest BCUT2D eigenvalue weighted by Crippen LogP contribution is 2.27. The molecule has 0 saturated heterocycles. The standard InChI is InChI=1S/C21H19ClN2O4/c1-13-5-4-6-18(14(13)2)24-21(26)16(11-23)9-15-7-8-19(17(22)10-15)28-12-20(25)27-3/h4-10H,12H2,1-3H3,(H,24,26)/b16-9+. The van der Waals surface area contributed by atoms with Crippen molar-refractivity contribution in [3.8, 4) is 11.8 Å². The number of carbonyl (C=O) groups is 2. The Morgan fingerprint density at radius 2 is 2.00 bits per heavy atom. The first-order valence-electron chi connectivity index (χ1n) is 8.34. The number of rotatable bonds is 6. The molecule has 7 heteroatoms. The zero-order chi connectivity index (χ0) is 20.7. The van der Waals surface area contributed by atoms with Crippen molar-refractivity contribution in [3.05, 3.63) is 63.7 Å². The number of aryl methyl sites for hydroxylation is 1. The number of nitrogens with one attached hydrogen (secondary N) is 1. The third-order valence-electron chi connectivity index (χ3n) is 4.06. The van der Waals surface area contributed by atoms with E-state index in [1.165, 1.54) is 19.3 Å². The van der Waals surface area contributed by atoms with Crippen LogP contribution in [-0.2, 0) is 14.3 Å². The van der Waals surface area contributed by atoms with Crippen LogP contribution in [-0.4, -0.2) is 25.6 Å². The van der Waals surface area contributed by atoms with Crippen molar-refractivity contribution in [2.24, 2.45) is 0 Å². The van der Waals surface area contributed by atoms with Gasteiger partial charge in [0.15, 0.2) is 6.61 Å². The molecule has 1 N–H and O–H groups in total. The predicted octanol–water partition coefficient (Wildman–Crippen LogP) is 4.05. The zero-order valence-electron chi connectivity index (χ0n) is 15.7. The summed E-state index contributed by atoms with van der Waals surface area (Å²) in [7, 11) is 1.26. The maximum absolute atomic E-state index is 12.5. The third kappa shape index (κ3) is 5.35. The smallest absolute Gasteiger partial charge is 0.343 e. The van der Waals surface area contributed by atoms with Gasteiger partial charge in [-0.05, 0) is 54.8 Å². The summed E-state index contributed by atoms with van der Waals surface area (Å²) in [6.45, 7) is 3.57. The fourth-order valence-electron chi connectivity index (χ4n) is 2.31. The first-order chi connectivity index (χ1) is 13.3. The third-order valence-corrected chi connectivity index (χ3v) is 4.35. The Morgan fingerprint density at radius 3 is 2.64 bits per heavy atom. The van der Waals surface area contributed by atoms with Crippen LogP contribution >= 0.6 is 11.6 Å². The molecule has 2 aromatic rings. The van der Waals surface area contributed by atoms with E-state index < -0.39 is 11.9 Å². The molecule has 144 valence electrons. The number of carbonyl (C=O) groups excluding carboxylic acids is 2. The summed E-state index contributed by atoms with van der Waals surface area (Å²) in [4.78, 5) is 23.6. The number of ether oxygens (including phenoxy) is 2. The van der Waals surface area contributed by atoms with Crippen LogP contribution in [0.5, 0.6) is 5.75 Å². The molecule has 0 fully saturated rings. The van der Waals surface area contributed by atoms with E-state index in [-0.39, 0.29) is 17.2 Å². The minimum Gasteiger partial charge on any atom is -0.480 e. The van der Waals surface area contributed by atoms with Gasteiger partial charge in [-0.3, -0.25) is 4.79 Å². The van der Waals surface area contributed by atoms with Crippen molar-refractivity contribution in [2.45, 2.75) is 13.8 Å². The van der Waals surface area contributed by atoms with Crippen molar-refractivity contribution < 1.29 is 19.1 Å². The summed E-state index contributed by atoms with van der Waals surface area (Å²) in [6.07, 6.45) is 1.43. The van der Waals surface area contributed by atoms with E-state index in [1.54, 1.807) is 18.2 Å². The van der Waals surface area contributed by atoms with Crippen LogP contribution in [0.2, 0.25) is 5.02 Å². The lowest BCUT2D eigenvalue weighted by Gasteiger charge is -2.10. The highest BCUT2D eigenvalue weighted by atomic mass is 35.5. The van der Waals surface area contributed by atoms with Gasteiger partial charge < -0.3 is 14.8 Å². The minimum absolute atomic E-state index is 0.0693. The average molecular weight is 399 g/mol. The molecular formula is C21H19ClN2O4. The maximum atomic E-state index is 12.5. The number of hydrogen-bond acceptors (Lipinski definition) is 5. The lowest BCUT2D eigenvalue weighted by Crippen LogP contribution is -2.14. The molecule has 1 amide bonds. The summed E-state index contributed by atoms with van der Waals surface area (Å²) in [5.74, 6) is -0.754. The number of methoxy groups -OCH3 is 1. The number of esters is 1. The topological polar surface area (TPSA) is 88.4 Å². The molecule has 2 rings (SSSR count). The van der Waals surface area contributed by atoms with Gasteiger partial charge in [-0.1, -0.05) is 29.8 Å². The van der Waals surface area contributed by atoms with Crippen LogP contribution < -0.4 is 10.1 Å². The quantitative estimate of drug-likeness (QED) is 0.450. The van der Waals surface area contributed by atoms with Gasteiger partial charge in [-0.15, -0.1) is 0 Å². The van der Waals surface area contributed by atoms with Crippen molar-refractivity contribution in [1.29, 1.82) is 5.26 Å². The second-order valence-electron chi connectivity index (χ2n) is 5.93. The summed E-state index contributed by atoms with van der Waals surface area (Å²) >= 11 is 6.14. The Balaban J connectivity index is 2.18. The molecule has 6 nitrogen and oxygen atoms in total. The molecule has 0 aliphatic heterocycles. The molecule has 0 unspecified atom stereocenters. The van der Waals surface area contributed by atoms with Crippen LogP contribution in [0.25, 0.3) is 6.08 Å². The van der Waals surface area contributed by atoms with Gasteiger partial charge in [0, 0.05) is 5.69 Å². The molecule has 0 bridgehead atoms. The molecule has 0 spiro atoms. The molecule has 2 aromatic carbocycles. The number of anilines is 1. The van der Waals surface area contributed by atoms with E-state index in [9.17, 15) is 14.9 Å². The van der Waals surface area contributed by atoms with Gasteiger partial charge in [0.05, 0.1) is 12.1 Å². The molecule has 0 aliphatic carbocycles. The molecule has 0 heterocycles. The highest BCUT2D eigenvalue weighted by Gasteiger charge is 2.12. The molecular weight excluding hydrogens is 380 g/mol. The van der Waals surface area contributed by atoms with Crippen LogP contribution in [0.3, 0.4) is 0 Å². The largest absolute Gasteiger partial charge is 0.480 e. The van der Waals surface area contributed by atoms with Crippen molar-refractivity contribution in [1.82, 2.24) is 0 Å². The van der Waals surface area contributed by atoms with Crippen LogP contribution in [0.1, 0.15) is 16.7 Å². The van der Waals surface area contributed by atoms with Crippen LogP contribution in [0, 0.1) is 25.2 Å². The molecule has 0 atom stereocenters. The Labute approximate surface area is 168 Å². The normalized spacial score (nSPS) is 10.8. The van der Waals surface area contributed by atoms with E-state index in [2.05, 4.69) is 10.1 Å². The second kappa shape index (κ2) is 9.58. The first kappa shape index (κ1) is 21.0. The van der Waals surface area contributed by atoms with Gasteiger partial charge in [0.1, 0.15) is 17.4 Å². The molecule has 0 radical (unpaired) electrons. The molecule has 0 aromatic heterocycles. The molecule has 28 heavy (non-hydrogen) atoms. The fraction of sp³-hybridized carbons (Fsp3) is 0.190. The predicted molar refractivity (Wildman–Crippen MR) is 107 cm³/mol. The number of nitriles is 1. The van der Waals surface area contributed by atoms with E-state index in [1.807, 2.05) is 32.0 Å². The van der Waals surface area contributed by atoms with E-state index in [0.29, 0.717) is 17.0 Å². The minimum atomic E-state index is -0.532. The number of halogens is 1. The van der Waals surface area contributed by atoms with Crippen molar-refractivity contribution >= 4 is 35.2 Å². The Hall–Kier alpha value is -3.30. The second-order valence-corrected chi connectivity index (χ2v) is 6.33. The van der Waals surface area contributed by atoms with Crippen LogP contribution in [0.4, 0.5) is 5.69 Å². The number of benzene rings is 2. The van der Waals surface area contributed by atoms with Crippen molar-refractivity contribution in [3.63, 3.8) is 0 Å². The van der Waals surface area contributed by atoms with Gasteiger partial charge in [-0.25, -0.2) is 4.79 Å². The monoisotopic (exact) mass is 398 g/mol. The zero-order valence-corrected chi connectivity index (χ0v) is 16.5. The first-order valence-corrected chi connectivity index (χ1v) is 8.72. The summed E-state index contributed by atoms with van der Waals surface area (Å²) < 4.78 is 9.75. The number of nitrogens with zero attached hydrogens (tertiary/aromatic N) is 1. The summed E-state index contributed by atoms with van der Waals surface area (Å²) in [5, 5.41) is 12.4.